The summed E-state index contributed by atoms with van der Waals surface area (Å²) < 4.78 is 15.3. The van der Waals surface area contributed by atoms with Crippen molar-refractivity contribution in [2.24, 2.45) is 0 Å². The van der Waals surface area contributed by atoms with Crippen LogP contribution >= 0.6 is 0 Å². The van der Waals surface area contributed by atoms with Crippen molar-refractivity contribution < 1.29 is 55.1 Å². The lowest BCUT2D eigenvalue weighted by Crippen LogP contribution is -2.64. The molecule has 2 saturated heterocycles. The fourth-order valence-electron chi connectivity index (χ4n) is 2.57. The SMILES string of the molecule is OCC1O[C@@H](O[C@H]2C(CO)O[C@@H](O)C(O)C2O)C(O)C(O)[C@@H]1O. The third-order valence-electron chi connectivity index (χ3n) is 3.98. The van der Waals surface area contributed by atoms with Crippen LogP contribution in [0.25, 0.3) is 0 Å². The Bertz CT molecular complexity index is 378. The van der Waals surface area contributed by atoms with Crippen LogP contribution in [0.4, 0.5) is 0 Å². The van der Waals surface area contributed by atoms with Crippen molar-refractivity contribution in [2.75, 3.05) is 13.2 Å². The second-order valence-electron chi connectivity index (χ2n) is 5.53. The lowest BCUT2D eigenvalue weighted by Gasteiger charge is -2.45. The van der Waals surface area contributed by atoms with Crippen molar-refractivity contribution in [3.63, 3.8) is 0 Å². The fraction of sp³-hybridized carbons (Fsp3) is 1.00. The molecule has 0 spiro atoms. The molecule has 0 aromatic carbocycles. The summed E-state index contributed by atoms with van der Waals surface area (Å²) in [5.74, 6) is 0. The van der Waals surface area contributed by atoms with Gasteiger partial charge in [-0.2, -0.15) is 0 Å². The van der Waals surface area contributed by atoms with Crippen LogP contribution in [0.15, 0.2) is 0 Å². The van der Waals surface area contributed by atoms with Gasteiger partial charge in [0.25, 0.3) is 0 Å². The van der Waals surface area contributed by atoms with Gasteiger partial charge in [0, 0.05) is 0 Å². The summed E-state index contributed by atoms with van der Waals surface area (Å²) in [6.45, 7) is -1.35. The van der Waals surface area contributed by atoms with Crippen molar-refractivity contribution in [1.82, 2.24) is 0 Å². The number of aliphatic hydroxyl groups excluding tert-OH is 8. The zero-order valence-electron chi connectivity index (χ0n) is 12.0. The van der Waals surface area contributed by atoms with Gasteiger partial charge in [-0.1, -0.05) is 0 Å². The first-order valence-electron chi connectivity index (χ1n) is 7.08. The molecule has 11 heteroatoms. The lowest BCUT2D eigenvalue weighted by atomic mass is 9.97. The largest absolute Gasteiger partial charge is 0.394 e. The lowest BCUT2D eigenvalue weighted by molar-refractivity contribution is -0.355. The summed E-state index contributed by atoms with van der Waals surface area (Å²) >= 11 is 0. The van der Waals surface area contributed by atoms with Gasteiger partial charge in [0.1, 0.15) is 48.8 Å². The molecule has 2 aliphatic rings. The standard InChI is InChI=1S/C12H22O11/c13-1-3-5(15)6(16)9(19)12(22-3)23-10-4(2-14)21-11(20)8(18)7(10)17/h3-20H,1-2H2/t3?,4?,5-,6?,7?,8?,9?,10+,11-,12+/m1/s1. The minimum atomic E-state index is -1.74. The molecule has 0 aromatic heterocycles. The van der Waals surface area contributed by atoms with E-state index in [9.17, 15) is 35.7 Å². The molecule has 2 aliphatic heterocycles. The Morgan fingerprint density at radius 1 is 0.652 bits per heavy atom. The van der Waals surface area contributed by atoms with Gasteiger partial charge in [0.15, 0.2) is 12.6 Å². The van der Waals surface area contributed by atoms with E-state index in [1.165, 1.54) is 0 Å². The summed E-state index contributed by atoms with van der Waals surface area (Å²) in [7, 11) is 0. The van der Waals surface area contributed by atoms with E-state index in [0.29, 0.717) is 0 Å². The molecule has 11 nitrogen and oxygen atoms in total. The molecule has 2 rings (SSSR count). The summed E-state index contributed by atoms with van der Waals surface area (Å²) in [6.07, 6.45) is -15.6. The maximum atomic E-state index is 9.94. The van der Waals surface area contributed by atoms with Crippen LogP contribution in [-0.4, -0.2) is 115 Å². The van der Waals surface area contributed by atoms with Crippen LogP contribution in [0.1, 0.15) is 0 Å². The smallest absolute Gasteiger partial charge is 0.187 e. The predicted octanol–water partition coefficient (Wildman–Crippen LogP) is -5.40. The molecule has 0 aromatic rings. The third kappa shape index (κ3) is 3.65. The Morgan fingerprint density at radius 3 is 1.83 bits per heavy atom. The van der Waals surface area contributed by atoms with Gasteiger partial charge in [-0.15, -0.1) is 0 Å². The van der Waals surface area contributed by atoms with Crippen LogP contribution in [0.3, 0.4) is 0 Å². The first-order chi connectivity index (χ1) is 10.8. The average Bonchev–Trinajstić information content (AvgIpc) is 2.55. The second-order valence-corrected chi connectivity index (χ2v) is 5.53. The van der Waals surface area contributed by atoms with E-state index in [0.717, 1.165) is 0 Å². The van der Waals surface area contributed by atoms with Crippen molar-refractivity contribution in [3.05, 3.63) is 0 Å². The fourth-order valence-corrected chi connectivity index (χ4v) is 2.57. The molecular formula is C12H22O11. The van der Waals surface area contributed by atoms with E-state index in [2.05, 4.69) is 0 Å². The quantitative estimate of drug-likeness (QED) is 0.243. The minimum absolute atomic E-state index is 0.667. The van der Waals surface area contributed by atoms with Crippen LogP contribution in [0, 0.1) is 0 Å². The summed E-state index contributed by atoms with van der Waals surface area (Å²) in [5.41, 5.74) is 0. The predicted molar refractivity (Wildman–Crippen MR) is 68.6 cm³/mol. The maximum absolute atomic E-state index is 9.94. The normalized spacial score (nSPS) is 51.7. The molecule has 0 radical (unpaired) electrons. The van der Waals surface area contributed by atoms with Gasteiger partial charge in [0.2, 0.25) is 0 Å². The van der Waals surface area contributed by atoms with E-state index in [4.69, 9.17) is 19.3 Å². The molecule has 23 heavy (non-hydrogen) atoms. The average molecular weight is 342 g/mol. The molecule has 2 fully saturated rings. The van der Waals surface area contributed by atoms with E-state index < -0.39 is 74.6 Å². The molecule has 0 saturated carbocycles. The van der Waals surface area contributed by atoms with Crippen molar-refractivity contribution in [3.8, 4) is 0 Å². The molecule has 0 amide bonds. The molecule has 136 valence electrons. The molecule has 8 N–H and O–H groups in total. The topological polar surface area (TPSA) is 190 Å². The van der Waals surface area contributed by atoms with Crippen LogP contribution < -0.4 is 0 Å². The molecule has 6 unspecified atom stereocenters. The highest BCUT2D eigenvalue weighted by Crippen LogP contribution is 2.28. The van der Waals surface area contributed by atoms with Gasteiger partial charge < -0.3 is 55.1 Å². The van der Waals surface area contributed by atoms with Crippen molar-refractivity contribution >= 4 is 0 Å². The van der Waals surface area contributed by atoms with Gasteiger partial charge in [0.05, 0.1) is 13.2 Å². The first kappa shape index (κ1) is 18.9. The van der Waals surface area contributed by atoms with Crippen molar-refractivity contribution in [2.45, 2.75) is 61.4 Å². The van der Waals surface area contributed by atoms with E-state index in [-0.39, 0.29) is 0 Å². The first-order valence-corrected chi connectivity index (χ1v) is 7.08. The highest BCUT2D eigenvalue weighted by Gasteiger charge is 2.50. The Kier molecular flexibility index (Phi) is 6.27. The maximum Gasteiger partial charge on any atom is 0.187 e. The van der Waals surface area contributed by atoms with Crippen LogP contribution in [-0.2, 0) is 14.2 Å². The highest BCUT2D eigenvalue weighted by molar-refractivity contribution is 4.93. The number of hydrogen-bond acceptors (Lipinski definition) is 11. The molecule has 2 heterocycles. The van der Waals surface area contributed by atoms with Crippen LogP contribution in [0.5, 0.6) is 0 Å². The van der Waals surface area contributed by atoms with Gasteiger partial charge in [-0.05, 0) is 0 Å². The number of rotatable bonds is 4. The molecule has 10 atom stereocenters. The Morgan fingerprint density at radius 2 is 1.26 bits per heavy atom. The van der Waals surface area contributed by atoms with Crippen molar-refractivity contribution in [1.29, 1.82) is 0 Å². The highest BCUT2D eigenvalue weighted by atomic mass is 16.7. The Balaban J connectivity index is 2.11. The second kappa shape index (κ2) is 7.63. The molecular weight excluding hydrogens is 320 g/mol. The zero-order chi connectivity index (χ0) is 17.3. The molecule has 0 bridgehead atoms. The number of hydrogen-bond donors (Lipinski definition) is 8. The van der Waals surface area contributed by atoms with Gasteiger partial charge >= 0.3 is 0 Å². The monoisotopic (exact) mass is 342 g/mol. The van der Waals surface area contributed by atoms with E-state index >= 15 is 0 Å². The molecule has 0 aliphatic carbocycles. The van der Waals surface area contributed by atoms with Crippen LogP contribution in [0.2, 0.25) is 0 Å². The third-order valence-corrected chi connectivity index (χ3v) is 3.98. The summed E-state index contributed by atoms with van der Waals surface area (Å²) in [4.78, 5) is 0. The summed E-state index contributed by atoms with van der Waals surface area (Å²) in [5, 5.41) is 76.5. The Hall–Kier alpha value is -0.440. The van der Waals surface area contributed by atoms with Gasteiger partial charge in [-0.3, -0.25) is 0 Å². The minimum Gasteiger partial charge on any atom is -0.394 e. The number of aliphatic hydroxyl groups is 8. The van der Waals surface area contributed by atoms with E-state index in [1.54, 1.807) is 0 Å². The van der Waals surface area contributed by atoms with E-state index in [1.807, 2.05) is 0 Å². The Labute approximate surface area is 130 Å². The number of ether oxygens (including phenoxy) is 3. The summed E-state index contributed by atoms with van der Waals surface area (Å²) in [6, 6.07) is 0. The van der Waals surface area contributed by atoms with Gasteiger partial charge in [-0.25, -0.2) is 0 Å². The zero-order valence-corrected chi connectivity index (χ0v) is 12.0.